The summed E-state index contributed by atoms with van der Waals surface area (Å²) in [7, 11) is 0. The smallest absolute Gasteiger partial charge is 0.296 e. The number of nitrogens with zero attached hydrogens (tertiary/aromatic N) is 3. The van der Waals surface area contributed by atoms with Gasteiger partial charge in [0.05, 0.1) is 28.5 Å². The minimum absolute atomic E-state index is 0.00634. The van der Waals surface area contributed by atoms with Crippen LogP contribution in [-0.4, -0.2) is 10.7 Å². The summed E-state index contributed by atoms with van der Waals surface area (Å²) >= 11 is 3.42. The summed E-state index contributed by atoms with van der Waals surface area (Å²) < 4.78 is 21.0. The van der Waals surface area contributed by atoms with E-state index in [2.05, 4.69) is 22.0 Å². The van der Waals surface area contributed by atoms with Gasteiger partial charge in [-0.1, -0.05) is 33.6 Å². The molecule has 41 heavy (non-hydrogen) atoms. The third-order valence-corrected chi connectivity index (χ3v) is 8.04. The molecule has 0 aromatic heterocycles. The molecule has 0 saturated heterocycles. The van der Waals surface area contributed by atoms with Crippen LogP contribution in [0.1, 0.15) is 47.4 Å². The topological polar surface area (TPSA) is 122 Å². The van der Waals surface area contributed by atoms with E-state index in [4.69, 9.17) is 10.5 Å². The van der Waals surface area contributed by atoms with Gasteiger partial charge >= 0.3 is 0 Å². The van der Waals surface area contributed by atoms with E-state index in [1.54, 1.807) is 0 Å². The Morgan fingerprint density at radius 2 is 1.90 bits per heavy atom. The molecule has 3 aromatic carbocycles. The van der Waals surface area contributed by atoms with Crippen molar-refractivity contribution >= 4 is 33.1 Å². The molecule has 5 rings (SSSR count). The Kier molecular flexibility index (Phi) is 7.65. The number of aryl methyl sites for hydroxylation is 1. The molecule has 0 radical (unpaired) electrons. The van der Waals surface area contributed by atoms with Crippen LogP contribution in [0.2, 0.25) is 0 Å². The van der Waals surface area contributed by atoms with E-state index in [0.717, 1.165) is 38.9 Å². The lowest BCUT2D eigenvalue weighted by atomic mass is 9.73. The fourth-order valence-corrected chi connectivity index (χ4v) is 5.87. The minimum atomic E-state index is -0.777. The lowest BCUT2D eigenvalue weighted by Gasteiger charge is -2.39. The first-order valence-corrected chi connectivity index (χ1v) is 13.8. The fraction of sp³-hybridized carbons (Fsp3) is 0.226. The average molecular weight is 617 g/mol. The highest BCUT2D eigenvalue weighted by Crippen LogP contribution is 2.49. The Morgan fingerprint density at radius 3 is 2.59 bits per heavy atom. The number of hydrogen-bond donors (Lipinski definition) is 1. The number of anilines is 1. The maximum atomic E-state index is 14.0. The van der Waals surface area contributed by atoms with Crippen LogP contribution in [0.25, 0.3) is 0 Å². The van der Waals surface area contributed by atoms with Gasteiger partial charge < -0.3 is 10.5 Å². The van der Waals surface area contributed by atoms with Crippen molar-refractivity contribution in [1.29, 1.82) is 5.26 Å². The number of allylic oxidation sites excluding steroid dienone is 3. The monoisotopic (exact) mass is 616 g/mol. The highest BCUT2D eigenvalue weighted by atomic mass is 79.9. The molecule has 0 saturated carbocycles. The summed E-state index contributed by atoms with van der Waals surface area (Å²) in [5.74, 6) is -1.02. The standard InChI is InChI=1S/C31H26BrFN4O4/c1-17-12-19(16-41-22-9-6-20(32)7-10-22)18(2)23(13-17)29-24(15-34)31(35)36(26-4-3-5-28(38)30(26)29)25-11-8-21(33)14-27(25)37(39)40/h6-14,29H,3-5,16,35H2,1-2H3. The Bertz CT molecular complexity index is 1690. The first kappa shape index (κ1) is 28.1. The van der Waals surface area contributed by atoms with Gasteiger partial charge in [-0.05, 0) is 79.8 Å². The van der Waals surface area contributed by atoms with Crippen molar-refractivity contribution in [3.8, 4) is 11.8 Å². The molecule has 1 aliphatic heterocycles. The quantitative estimate of drug-likeness (QED) is 0.234. The second kappa shape index (κ2) is 11.2. The van der Waals surface area contributed by atoms with Crippen molar-refractivity contribution in [3.63, 3.8) is 0 Å². The summed E-state index contributed by atoms with van der Waals surface area (Å²) in [6, 6.07) is 16.8. The highest BCUT2D eigenvalue weighted by molar-refractivity contribution is 9.10. The van der Waals surface area contributed by atoms with Crippen LogP contribution in [0.5, 0.6) is 5.75 Å². The molecular weight excluding hydrogens is 591 g/mol. The number of Topliss-reactive ketones (excluding diaryl/α,β-unsaturated/α-hetero) is 1. The van der Waals surface area contributed by atoms with Gasteiger partial charge in [0.15, 0.2) is 5.78 Å². The predicted molar refractivity (Wildman–Crippen MR) is 155 cm³/mol. The third-order valence-electron chi connectivity index (χ3n) is 7.51. The zero-order valence-electron chi connectivity index (χ0n) is 22.4. The van der Waals surface area contributed by atoms with Crippen LogP contribution in [-0.2, 0) is 11.4 Å². The van der Waals surface area contributed by atoms with Gasteiger partial charge in [0.2, 0.25) is 0 Å². The molecule has 2 N–H and O–H groups in total. The van der Waals surface area contributed by atoms with E-state index in [1.807, 2.05) is 50.2 Å². The first-order chi connectivity index (χ1) is 19.6. The summed E-state index contributed by atoms with van der Waals surface area (Å²) in [5, 5.41) is 22.3. The number of halogens is 2. The number of hydrogen-bond acceptors (Lipinski definition) is 7. The van der Waals surface area contributed by atoms with E-state index < -0.39 is 22.3 Å². The lowest BCUT2D eigenvalue weighted by molar-refractivity contribution is -0.384. The SMILES string of the molecule is Cc1cc(COc2ccc(Br)cc2)c(C)c(C2C(C#N)=C(N)N(c3ccc(F)cc3[N+](=O)[O-])C3=C2C(=O)CCC3)c1. The van der Waals surface area contributed by atoms with Crippen LogP contribution >= 0.6 is 15.9 Å². The summed E-state index contributed by atoms with van der Waals surface area (Å²) in [6.45, 7) is 4.12. The van der Waals surface area contributed by atoms with Crippen LogP contribution in [0.4, 0.5) is 15.8 Å². The number of rotatable bonds is 6. The van der Waals surface area contributed by atoms with Crippen LogP contribution in [0.15, 0.2) is 81.7 Å². The maximum absolute atomic E-state index is 14.0. The molecule has 0 bridgehead atoms. The Morgan fingerprint density at radius 1 is 1.17 bits per heavy atom. The lowest BCUT2D eigenvalue weighted by Crippen LogP contribution is -2.39. The van der Waals surface area contributed by atoms with Crippen molar-refractivity contribution in [2.45, 2.75) is 45.6 Å². The van der Waals surface area contributed by atoms with E-state index in [9.17, 15) is 24.6 Å². The number of nitriles is 1. The van der Waals surface area contributed by atoms with Crippen molar-refractivity contribution in [1.82, 2.24) is 0 Å². The molecule has 2 aliphatic rings. The molecule has 1 unspecified atom stereocenters. The molecule has 10 heteroatoms. The molecule has 0 fully saturated rings. The van der Waals surface area contributed by atoms with E-state index in [1.165, 1.54) is 11.0 Å². The number of nitro benzene ring substituents is 1. The number of ketones is 1. The first-order valence-electron chi connectivity index (χ1n) is 13.0. The van der Waals surface area contributed by atoms with Gasteiger partial charge in [-0.15, -0.1) is 0 Å². The maximum Gasteiger partial charge on any atom is 0.296 e. The largest absolute Gasteiger partial charge is 0.489 e. The van der Waals surface area contributed by atoms with Crippen LogP contribution < -0.4 is 15.4 Å². The van der Waals surface area contributed by atoms with E-state index >= 15 is 0 Å². The molecule has 3 aromatic rings. The zero-order chi connectivity index (χ0) is 29.4. The van der Waals surface area contributed by atoms with Gasteiger partial charge in [0.1, 0.15) is 29.7 Å². The summed E-state index contributed by atoms with van der Waals surface area (Å²) in [6.07, 6.45) is 1.21. The number of carbonyl (C=O) groups is 1. The van der Waals surface area contributed by atoms with Gasteiger partial charge in [0.25, 0.3) is 5.69 Å². The molecule has 8 nitrogen and oxygen atoms in total. The minimum Gasteiger partial charge on any atom is -0.489 e. The van der Waals surface area contributed by atoms with Crippen molar-refractivity contribution < 1.29 is 18.8 Å². The predicted octanol–water partition coefficient (Wildman–Crippen LogP) is 7.00. The molecule has 0 amide bonds. The molecule has 1 atom stereocenters. The number of benzene rings is 3. The number of nitro groups is 1. The summed E-state index contributed by atoms with van der Waals surface area (Å²) in [4.78, 5) is 26.1. The van der Waals surface area contributed by atoms with Crippen molar-refractivity contribution in [3.05, 3.63) is 120 Å². The fourth-order valence-electron chi connectivity index (χ4n) is 5.61. The number of ether oxygens (including phenoxy) is 1. The van der Waals surface area contributed by atoms with E-state index in [-0.39, 0.29) is 35.9 Å². The van der Waals surface area contributed by atoms with Crippen LogP contribution in [0, 0.1) is 41.1 Å². The average Bonchev–Trinajstić information content (AvgIpc) is 2.94. The normalized spacial score (nSPS) is 16.9. The number of carbonyl (C=O) groups excluding carboxylic acids is 1. The molecular formula is C31H26BrFN4O4. The highest BCUT2D eigenvalue weighted by Gasteiger charge is 2.42. The third kappa shape index (κ3) is 5.21. The zero-order valence-corrected chi connectivity index (χ0v) is 24.0. The van der Waals surface area contributed by atoms with Crippen LogP contribution in [0.3, 0.4) is 0 Å². The summed E-state index contributed by atoms with van der Waals surface area (Å²) in [5.41, 5.74) is 10.5. The Hall–Kier alpha value is -4.49. The van der Waals surface area contributed by atoms with Gasteiger partial charge in [-0.3, -0.25) is 19.8 Å². The number of nitrogens with two attached hydrogens (primary N) is 1. The Balaban J connectivity index is 1.66. The molecule has 1 heterocycles. The van der Waals surface area contributed by atoms with Gasteiger partial charge in [0, 0.05) is 22.2 Å². The van der Waals surface area contributed by atoms with E-state index in [0.29, 0.717) is 29.9 Å². The molecule has 1 aliphatic carbocycles. The second-order valence-electron chi connectivity index (χ2n) is 10.1. The molecule has 208 valence electrons. The van der Waals surface area contributed by atoms with Gasteiger partial charge in [-0.2, -0.15) is 5.26 Å². The van der Waals surface area contributed by atoms with Gasteiger partial charge in [-0.25, -0.2) is 4.39 Å². The van der Waals surface area contributed by atoms with Crippen molar-refractivity contribution in [2.24, 2.45) is 5.73 Å². The van der Waals surface area contributed by atoms with Crippen molar-refractivity contribution in [2.75, 3.05) is 4.90 Å². The second-order valence-corrected chi connectivity index (χ2v) is 11.0. The molecule has 0 spiro atoms. The Labute approximate surface area is 244 Å².